The molecular formula is C36H37N3O4. The Morgan fingerprint density at radius 3 is 2.28 bits per heavy atom. The van der Waals surface area contributed by atoms with Crippen LogP contribution in [-0.4, -0.2) is 42.2 Å². The summed E-state index contributed by atoms with van der Waals surface area (Å²) in [4.78, 5) is 19.2. The molecule has 1 aliphatic rings. The van der Waals surface area contributed by atoms with Gasteiger partial charge in [-0.05, 0) is 47.4 Å². The average molecular weight is 576 g/mol. The van der Waals surface area contributed by atoms with E-state index in [1.165, 1.54) is 5.56 Å². The summed E-state index contributed by atoms with van der Waals surface area (Å²) < 4.78 is 12.2. The van der Waals surface area contributed by atoms with Crippen LogP contribution in [0.4, 0.5) is 0 Å². The van der Waals surface area contributed by atoms with Gasteiger partial charge in [0, 0.05) is 31.6 Å². The topological polar surface area (TPSA) is 92.2 Å². The van der Waals surface area contributed by atoms with Gasteiger partial charge in [-0.3, -0.25) is 10.2 Å². The van der Waals surface area contributed by atoms with Crippen LogP contribution >= 0.6 is 0 Å². The van der Waals surface area contributed by atoms with Gasteiger partial charge in [0.25, 0.3) is 5.91 Å². The molecule has 2 atom stereocenters. The maximum absolute atomic E-state index is 14.1. The summed E-state index contributed by atoms with van der Waals surface area (Å²) in [7, 11) is 0. The number of ether oxygens (including phenoxy) is 2. The molecule has 43 heavy (non-hydrogen) atoms. The summed E-state index contributed by atoms with van der Waals surface area (Å²) in [5.41, 5.74) is 8.62. The number of rotatable bonds is 14. The molecule has 0 unspecified atom stereocenters. The molecular weight excluding hydrogens is 538 g/mol. The third-order valence-corrected chi connectivity index (χ3v) is 7.25. The molecule has 0 aromatic heterocycles. The normalized spacial score (nSPS) is 17.8. The monoisotopic (exact) mass is 575 g/mol. The Morgan fingerprint density at radius 2 is 1.58 bits per heavy atom. The highest BCUT2D eigenvalue weighted by Crippen LogP contribution is 2.42. The van der Waals surface area contributed by atoms with E-state index < -0.39 is 11.6 Å². The van der Waals surface area contributed by atoms with Crippen LogP contribution in [0.2, 0.25) is 0 Å². The molecule has 3 N–H and O–H groups in total. The third-order valence-electron chi connectivity index (χ3n) is 7.25. The lowest BCUT2D eigenvalue weighted by Crippen LogP contribution is -2.52. The molecule has 0 saturated carbocycles. The summed E-state index contributed by atoms with van der Waals surface area (Å²) in [6.07, 6.45) is 4.99. The minimum atomic E-state index is -1.27. The molecule has 1 amide bonds. The molecule has 1 heterocycles. The summed E-state index contributed by atoms with van der Waals surface area (Å²) in [6.45, 7) is 1.07. The van der Waals surface area contributed by atoms with Gasteiger partial charge in [-0.15, -0.1) is 0 Å². The van der Waals surface area contributed by atoms with Crippen molar-refractivity contribution in [3.8, 4) is 5.75 Å². The van der Waals surface area contributed by atoms with Crippen molar-refractivity contribution in [3.05, 3.63) is 144 Å². The highest BCUT2D eigenvalue weighted by Gasteiger charge is 2.52. The largest absolute Gasteiger partial charge is 0.494 e. The van der Waals surface area contributed by atoms with Gasteiger partial charge in [0.2, 0.25) is 5.90 Å². The molecule has 0 fully saturated rings. The number of aliphatic imine (C=N–C) groups is 1. The molecule has 4 aromatic rings. The van der Waals surface area contributed by atoms with Crippen LogP contribution in [0.3, 0.4) is 0 Å². The predicted octanol–water partition coefficient (Wildman–Crippen LogP) is 5.67. The number of hydrogen-bond acceptors (Lipinski definition) is 6. The van der Waals surface area contributed by atoms with Crippen molar-refractivity contribution >= 4 is 17.9 Å². The maximum atomic E-state index is 14.1. The van der Waals surface area contributed by atoms with Crippen LogP contribution < -0.4 is 15.6 Å². The van der Waals surface area contributed by atoms with Gasteiger partial charge in [0.1, 0.15) is 5.75 Å². The van der Waals surface area contributed by atoms with E-state index in [-0.39, 0.29) is 12.5 Å². The minimum Gasteiger partial charge on any atom is -0.494 e. The van der Waals surface area contributed by atoms with E-state index in [0.29, 0.717) is 37.6 Å². The van der Waals surface area contributed by atoms with Gasteiger partial charge in [-0.1, -0.05) is 103 Å². The molecule has 0 radical (unpaired) electrons. The van der Waals surface area contributed by atoms with Crippen molar-refractivity contribution in [2.75, 3.05) is 19.8 Å². The Balaban J connectivity index is 1.44. The molecule has 7 nitrogen and oxygen atoms in total. The van der Waals surface area contributed by atoms with Gasteiger partial charge >= 0.3 is 0 Å². The number of nitrogens with one attached hydrogen (secondary N) is 2. The first kappa shape index (κ1) is 29.8. The number of aliphatic hydroxyl groups excluding tert-OH is 1. The van der Waals surface area contributed by atoms with Crippen LogP contribution in [0.25, 0.3) is 6.08 Å². The fourth-order valence-corrected chi connectivity index (χ4v) is 4.98. The van der Waals surface area contributed by atoms with Crippen LogP contribution in [0, 0.1) is 0 Å². The standard InChI is InChI=1S/C36H37N3O4/c40-26-11-27-42-32-21-19-31(20-22-32)34-38-36(24-10-16-28-12-4-1-5-13-28,33(43-34)30-17-8-3-9-18-30)35(41)39-37-25-23-29-14-6-2-7-15-29/h1-10,12-22,33,37,40H,11,23-27H2,(H,39,41)/b16-10+/t33-,36-/m0/s1. The fourth-order valence-electron chi connectivity index (χ4n) is 4.98. The van der Waals surface area contributed by atoms with E-state index in [9.17, 15) is 4.79 Å². The Bertz CT molecular complexity index is 1490. The number of carbonyl (C=O) groups excluding carboxylic acids is 1. The SMILES string of the molecule is O=C(NNCCc1ccccc1)[C@@]1(C/C=C/c2ccccc2)N=C(c2ccc(OCCCO)cc2)O[C@H]1c1ccccc1. The molecule has 0 saturated heterocycles. The lowest BCUT2D eigenvalue weighted by atomic mass is 9.84. The van der Waals surface area contributed by atoms with Gasteiger partial charge in [-0.25, -0.2) is 10.4 Å². The zero-order valence-corrected chi connectivity index (χ0v) is 24.1. The first-order valence-electron chi connectivity index (χ1n) is 14.6. The lowest BCUT2D eigenvalue weighted by molar-refractivity contribution is -0.129. The van der Waals surface area contributed by atoms with Gasteiger partial charge in [0.15, 0.2) is 11.6 Å². The molecule has 5 rings (SSSR count). The second-order valence-corrected chi connectivity index (χ2v) is 10.3. The highest BCUT2D eigenvalue weighted by molar-refractivity contribution is 6.01. The molecule has 0 spiro atoms. The summed E-state index contributed by atoms with van der Waals surface area (Å²) >= 11 is 0. The number of hydrazine groups is 1. The minimum absolute atomic E-state index is 0.0770. The van der Waals surface area contributed by atoms with Crippen molar-refractivity contribution in [1.82, 2.24) is 10.9 Å². The number of nitrogens with zero attached hydrogens (tertiary/aromatic N) is 1. The number of aliphatic hydroxyl groups is 1. The lowest BCUT2D eigenvalue weighted by Gasteiger charge is -2.29. The van der Waals surface area contributed by atoms with E-state index in [1.54, 1.807) is 0 Å². The predicted molar refractivity (Wildman–Crippen MR) is 170 cm³/mol. The van der Waals surface area contributed by atoms with Crippen LogP contribution in [0.5, 0.6) is 5.75 Å². The van der Waals surface area contributed by atoms with E-state index in [2.05, 4.69) is 23.0 Å². The zero-order chi connectivity index (χ0) is 29.7. The number of amides is 1. The molecule has 0 aliphatic carbocycles. The van der Waals surface area contributed by atoms with E-state index in [1.807, 2.05) is 115 Å². The van der Waals surface area contributed by atoms with E-state index >= 15 is 0 Å². The quantitative estimate of drug-likeness (QED) is 0.133. The third kappa shape index (κ3) is 7.77. The molecule has 220 valence electrons. The zero-order valence-electron chi connectivity index (χ0n) is 24.1. The van der Waals surface area contributed by atoms with Crippen LogP contribution in [0.15, 0.2) is 126 Å². The van der Waals surface area contributed by atoms with Crippen LogP contribution in [0.1, 0.15) is 41.2 Å². The Morgan fingerprint density at radius 1 is 0.907 bits per heavy atom. The second kappa shape index (κ2) is 15.0. The van der Waals surface area contributed by atoms with Crippen molar-refractivity contribution in [2.24, 2.45) is 4.99 Å². The maximum Gasteiger partial charge on any atom is 0.266 e. The molecule has 0 bridgehead atoms. The summed E-state index contributed by atoms with van der Waals surface area (Å²) in [5, 5.41) is 9.04. The molecule has 1 aliphatic heterocycles. The van der Waals surface area contributed by atoms with Crippen molar-refractivity contribution in [3.63, 3.8) is 0 Å². The Labute approximate surface area is 252 Å². The number of carbonyl (C=O) groups is 1. The van der Waals surface area contributed by atoms with E-state index in [4.69, 9.17) is 19.6 Å². The first-order chi connectivity index (χ1) is 21.2. The molecule has 4 aromatic carbocycles. The first-order valence-corrected chi connectivity index (χ1v) is 14.6. The second-order valence-electron chi connectivity index (χ2n) is 10.3. The summed E-state index contributed by atoms with van der Waals surface area (Å²) in [5.74, 6) is 0.808. The Hall–Kier alpha value is -4.72. The van der Waals surface area contributed by atoms with Crippen molar-refractivity contribution in [1.29, 1.82) is 0 Å². The van der Waals surface area contributed by atoms with Gasteiger partial charge < -0.3 is 14.6 Å². The number of benzene rings is 4. The average Bonchev–Trinajstić information content (AvgIpc) is 3.46. The van der Waals surface area contributed by atoms with Crippen molar-refractivity contribution in [2.45, 2.75) is 30.9 Å². The number of hydrogen-bond donors (Lipinski definition) is 3. The smallest absolute Gasteiger partial charge is 0.266 e. The Kier molecular flexibility index (Phi) is 10.4. The highest BCUT2D eigenvalue weighted by atomic mass is 16.5. The van der Waals surface area contributed by atoms with E-state index in [0.717, 1.165) is 23.1 Å². The fraction of sp³-hybridized carbons (Fsp3) is 0.222. The summed E-state index contributed by atoms with van der Waals surface area (Å²) in [6, 6.07) is 37.3. The van der Waals surface area contributed by atoms with Crippen LogP contribution in [-0.2, 0) is 16.0 Å². The van der Waals surface area contributed by atoms with Gasteiger partial charge in [-0.2, -0.15) is 0 Å². The molecule has 7 heteroatoms. The van der Waals surface area contributed by atoms with Gasteiger partial charge in [0.05, 0.1) is 6.61 Å². The van der Waals surface area contributed by atoms with Crippen molar-refractivity contribution < 1.29 is 19.4 Å².